The summed E-state index contributed by atoms with van der Waals surface area (Å²) in [5, 5.41) is 8.78. The zero-order valence-electron chi connectivity index (χ0n) is 13.7. The second-order valence-corrected chi connectivity index (χ2v) is 5.97. The van der Waals surface area contributed by atoms with Crippen LogP contribution in [0, 0.1) is 0 Å². The molecule has 0 fully saturated rings. The lowest BCUT2D eigenvalue weighted by Gasteiger charge is -2.03. The molecule has 0 aromatic carbocycles. The van der Waals surface area contributed by atoms with Crippen LogP contribution in [0.15, 0.2) is 12.2 Å². The van der Waals surface area contributed by atoms with Crippen molar-refractivity contribution in [1.82, 2.24) is 0 Å². The monoisotopic (exact) mass is 283 g/mol. The van der Waals surface area contributed by atoms with Crippen LogP contribution < -0.4 is 5.73 Å². The van der Waals surface area contributed by atoms with E-state index >= 15 is 0 Å². The zero-order valence-corrected chi connectivity index (χ0v) is 13.7. The first kappa shape index (κ1) is 19.7. The molecule has 0 rings (SSSR count). The third-order valence-corrected chi connectivity index (χ3v) is 3.81. The van der Waals surface area contributed by atoms with Crippen molar-refractivity contribution in [2.75, 3.05) is 6.61 Å². The molecule has 0 heterocycles. The fraction of sp³-hybridized carbons (Fsp3) is 0.889. The molecule has 0 aliphatic heterocycles. The lowest BCUT2D eigenvalue weighted by molar-refractivity contribution is 0.266. The van der Waals surface area contributed by atoms with Gasteiger partial charge in [0.1, 0.15) is 0 Å². The van der Waals surface area contributed by atoms with Gasteiger partial charge in [0.2, 0.25) is 0 Å². The smallest absolute Gasteiger partial charge is 0.0585 e. The summed E-state index contributed by atoms with van der Waals surface area (Å²) in [6.07, 6.45) is 21.7. The highest BCUT2D eigenvalue weighted by molar-refractivity contribution is 4.85. The van der Waals surface area contributed by atoms with Gasteiger partial charge in [-0.3, -0.25) is 0 Å². The van der Waals surface area contributed by atoms with E-state index in [9.17, 15) is 0 Å². The van der Waals surface area contributed by atoms with Crippen molar-refractivity contribution in [3.8, 4) is 0 Å². The Balaban J connectivity index is 3.06. The minimum absolute atomic E-state index is 0.0800. The number of aliphatic hydroxyl groups is 1. The van der Waals surface area contributed by atoms with E-state index in [1.54, 1.807) is 0 Å². The minimum atomic E-state index is -0.0800. The topological polar surface area (TPSA) is 46.2 Å². The maximum absolute atomic E-state index is 8.78. The van der Waals surface area contributed by atoms with Crippen molar-refractivity contribution in [1.29, 1.82) is 0 Å². The molecule has 3 N–H and O–H groups in total. The second kappa shape index (κ2) is 16.7. The predicted octanol–water partition coefficient (Wildman–Crippen LogP) is 4.95. The summed E-state index contributed by atoms with van der Waals surface area (Å²) in [6.45, 7) is 2.36. The van der Waals surface area contributed by atoms with Crippen LogP contribution in [0.5, 0.6) is 0 Å². The van der Waals surface area contributed by atoms with Crippen LogP contribution in [0.4, 0.5) is 0 Å². The molecule has 2 heteroatoms. The molecule has 0 spiro atoms. The summed E-state index contributed by atoms with van der Waals surface area (Å²) in [5.74, 6) is 0. The van der Waals surface area contributed by atoms with Gasteiger partial charge in [0.25, 0.3) is 0 Å². The standard InChI is InChI=1S/C18H37NO/c1-2-3-4-5-6-7-8-9-10-11-12-13-14-15-16-18(19)17-20/h14-15,18,20H,2-13,16-17,19H2,1H3/b15-14+. The maximum atomic E-state index is 8.78. The molecule has 20 heavy (non-hydrogen) atoms. The van der Waals surface area contributed by atoms with E-state index in [0.29, 0.717) is 0 Å². The third kappa shape index (κ3) is 15.7. The van der Waals surface area contributed by atoms with Gasteiger partial charge in [0, 0.05) is 6.04 Å². The van der Waals surface area contributed by atoms with Gasteiger partial charge in [-0.05, 0) is 19.3 Å². The first-order valence-corrected chi connectivity index (χ1v) is 8.82. The number of aliphatic hydroxyl groups excluding tert-OH is 1. The van der Waals surface area contributed by atoms with Gasteiger partial charge >= 0.3 is 0 Å². The average Bonchev–Trinajstić information content (AvgIpc) is 2.47. The molecule has 1 unspecified atom stereocenters. The summed E-state index contributed by atoms with van der Waals surface area (Å²) in [5.41, 5.74) is 5.62. The Morgan fingerprint density at radius 1 is 0.800 bits per heavy atom. The molecule has 0 aliphatic rings. The van der Waals surface area contributed by atoms with Crippen molar-refractivity contribution in [2.45, 2.75) is 96.4 Å². The van der Waals surface area contributed by atoms with Crippen LogP contribution in [0.25, 0.3) is 0 Å². The molecule has 0 aliphatic carbocycles. The van der Waals surface area contributed by atoms with Gasteiger partial charge in [-0.1, -0.05) is 83.3 Å². The van der Waals surface area contributed by atoms with E-state index in [1.807, 2.05) is 0 Å². The summed E-state index contributed by atoms with van der Waals surface area (Å²) in [4.78, 5) is 0. The second-order valence-electron chi connectivity index (χ2n) is 5.97. The largest absolute Gasteiger partial charge is 0.395 e. The molecule has 1 atom stereocenters. The van der Waals surface area contributed by atoms with Gasteiger partial charge < -0.3 is 10.8 Å². The number of unbranched alkanes of at least 4 members (excludes halogenated alkanes) is 11. The highest BCUT2D eigenvalue weighted by Gasteiger charge is 1.95. The van der Waals surface area contributed by atoms with E-state index < -0.39 is 0 Å². The molecule has 0 saturated heterocycles. The first-order chi connectivity index (χ1) is 9.81. The highest BCUT2D eigenvalue weighted by atomic mass is 16.3. The molecule has 0 aromatic heterocycles. The Morgan fingerprint density at radius 2 is 1.30 bits per heavy atom. The molecule has 0 saturated carbocycles. The summed E-state index contributed by atoms with van der Waals surface area (Å²) in [7, 11) is 0. The highest BCUT2D eigenvalue weighted by Crippen LogP contribution is 2.12. The quantitative estimate of drug-likeness (QED) is 0.330. The van der Waals surface area contributed by atoms with Crippen molar-refractivity contribution >= 4 is 0 Å². The molecule has 120 valence electrons. The van der Waals surface area contributed by atoms with Gasteiger partial charge in [-0.2, -0.15) is 0 Å². The number of hydrogen-bond donors (Lipinski definition) is 2. The first-order valence-electron chi connectivity index (χ1n) is 8.82. The Bertz CT molecular complexity index is 204. The van der Waals surface area contributed by atoms with Crippen LogP contribution in [-0.2, 0) is 0 Å². The van der Waals surface area contributed by atoms with Crippen LogP contribution in [0.3, 0.4) is 0 Å². The Labute approximate surface area is 126 Å². The number of rotatable bonds is 15. The average molecular weight is 284 g/mol. The van der Waals surface area contributed by atoms with Crippen LogP contribution in [-0.4, -0.2) is 17.8 Å². The molecule has 2 nitrogen and oxygen atoms in total. The van der Waals surface area contributed by atoms with E-state index in [1.165, 1.54) is 70.6 Å². The van der Waals surface area contributed by atoms with E-state index in [2.05, 4.69) is 19.1 Å². The molecule has 0 radical (unpaired) electrons. The molecule has 0 bridgehead atoms. The maximum Gasteiger partial charge on any atom is 0.0585 e. The van der Waals surface area contributed by atoms with Crippen LogP contribution >= 0.6 is 0 Å². The van der Waals surface area contributed by atoms with Crippen molar-refractivity contribution < 1.29 is 5.11 Å². The summed E-state index contributed by atoms with van der Waals surface area (Å²) in [6, 6.07) is -0.0800. The van der Waals surface area contributed by atoms with Gasteiger partial charge in [-0.25, -0.2) is 0 Å². The van der Waals surface area contributed by atoms with Crippen LogP contribution in [0.1, 0.15) is 90.4 Å². The Morgan fingerprint density at radius 3 is 1.80 bits per heavy atom. The zero-order chi connectivity index (χ0) is 14.9. The fourth-order valence-electron chi connectivity index (χ4n) is 2.39. The van der Waals surface area contributed by atoms with Crippen molar-refractivity contribution in [3.05, 3.63) is 12.2 Å². The van der Waals surface area contributed by atoms with E-state index in [-0.39, 0.29) is 12.6 Å². The summed E-state index contributed by atoms with van der Waals surface area (Å²) < 4.78 is 0. The van der Waals surface area contributed by atoms with E-state index in [4.69, 9.17) is 10.8 Å². The van der Waals surface area contributed by atoms with Crippen molar-refractivity contribution in [3.63, 3.8) is 0 Å². The molecular weight excluding hydrogens is 246 g/mol. The van der Waals surface area contributed by atoms with Gasteiger partial charge in [0.15, 0.2) is 0 Å². The van der Waals surface area contributed by atoms with Gasteiger partial charge in [0.05, 0.1) is 6.61 Å². The lowest BCUT2D eigenvalue weighted by atomic mass is 10.1. The number of nitrogens with two attached hydrogens (primary N) is 1. The fourth-order valence-corrected chi connectivity index (χ4v) is 2.39. The van der Waals surface area contributed by atoms with Crippen molar-refractivity contribution in [2.24, 2.45) is 5.73 Å². The van der Waals surface area contributed by atoms with Gasteiger partial charge in [-0.15, -0.1) is 0 Å². The molecular formula is C18H37NO. The Hall–Kier alpha value is -0.340. The number of hydrogen-bond acceptors (Lipinski definition) is 2. The third-order valence-electron chi connectivity index (χ3n) is 3.81. The normalized spacial score (nSPS) is 13.2. The van der Waals surface area contributed by atoms with Crippen LogP contribution in [0.2, 0.25) is 0 Å². The van der Waals surface area contributed by atoms with E-state index in [0.717, 1.165) is 12.8 Å². The minimum Gasteiger partial charge on any atom is -0.395 e. The molecule has 0 aromatic rings. The SMILES string of the molecule is CCCCCCCCCCCCC/C=C/CC(N)CO. The number of allylic oxidation sites excluding steroid dienone is 1. The predicted molar refractivity (Wildman–Crippen MR) is 89.9 cm³/mol. The lowest BCUT2D eigenvalue weighted by Crippen LogP contribution is -2.22. The summed E-state index contributed by atoms with van der Waals surface area (Å²) >= 11 is 0. The molecule has 0 amide bonds. The Kier molecular flexibility index (Phi) is 16.4.